The minimum atomic E-state index is 0.279. The first kappa shape index (κ1) is 13.9. The van der Waals surface area contributed by atoms with Crippen LogP contribution in [0.25, 0.3) is 0 Å². The molecule has 0 aliphatic carbocycles. The summed E-state index contributed by atoms with van der Waals surface area (Å²) in [7, 11) is 0. The minimum absolute atomic E-state index is 0.279. The first-order chi connectivity index (χ1) is 9.04. The quantitative estimate of drug-likeness (QED) is 0.849. The van der Waals surface area contributed by atoms with Gasteiger partial charge in [0.2, 0.25) is 5.91 Å². The van der Waals surface area contributed by atoms with E-state index in [9.17, 15) is 4.79 Å². The van der Waals surface area contributed by atoms with Crippen LogP contribution in [0.5, 0.6) is 0 Å². The Labute approximate surface area is 115 Å². The molecule has 1 aliphatic rings. The summed E-state index contributed by atoms with van der Waals surface area (Å²) >= 11 is 0. The number of carbonyl (C=O) groups excluding carboxylic acids is 1. The van der Waals surface area contributed by atoms with Crippen LogP contribution >= 0.6 is 0 Å². The highest BCUT2D eigenvalue weighted by atomic mass is 16.2. The Morgan fingerprint density at radius 1 is 1.32 bits per heavy atom. The molecule has 1 fully saturated rings. The Morgan fingerprint density at radius 3 is 2.63 bits per heavy atom. The van der Waals surface area contributed by atoms with Crippen molar-refractivity contribution in [1.29, 1.82) is 0 Å². The molecule has 0 spiro atoms. The Hall–Kier alpha value is -1.51. The second-order valence-corrected chi connectivity index (χ2v) is 5.99. The molecular formula is C16H24N2O. The van der Waals surface area contributed by atoms with Crippen LogP contribution in [0.4, 0.5) is 5.69 Å². The summed E-state index contributed by atoms with van der Waals surface area (Å²) in [5, 5.41) is 0. The first-order valence-corrected chi connectivity index (χ1v) is 7.17. The van der Waals surface area contributed by atoms with Gasteiger partial charge in [-0.2, -0.15) is 0 Å². The van der Waals surface area contributed by atoms with Crippen LogP contribution in [-0.2, 0) is 11.2 Å². The molecule has 3 heteroatoms. The summed E-state index contributed by atoms with van der Waals surface area (Å²) < 4.78 is 0. The number of hydrogen-bond donors (Lipinski definition) is 1. The second-order valence-electron chi connectivity index (χ2n) is 5.99. The minimum Gasteiger partial charge on any atom is -0.399 e. The molecule has 0 radical (unpaired) electrons. The SMILES string of the molecule is CC1CC(C)CN(C(=O)CCc2cccc(N)c2)C1. The number of nitrogens with two attached hydrogens (primary N) is 1. The number of benzene rings is 1. The Morgan fingerprint density at radius 2 is 2.00 bits per heavy atom. The predicted octanol–water partition coefficient (Wildman–Crippen LogP) is 2.71. The number of piperidine rings is 1. The predicted molar refractivity (Wildman–Crippen MR) is 78.7 cm³/mol. The Balaban J connectivity index is 1.87. The van der Waals surface area contributed by atoms with E-state index in [0.29, 0.717) is 18.3 Å². The molecule has 1 aromatic rings. The fourth-order valence-corrected chi connectivity index (χ4v) is 3.02. The number of anilines is 1. The van der Waals surface area contributed by atoms with Crippen LogP contribution in [0, 0.1) is 11.8 Å². The van der Waals surface area contributed by atoms with E-state index in [1.807, 2.05) is 29.2 Å². The van der Waals surface area contributed by atoms with Crippen LogP contribution in [0.15, 0.2) is 24.3 Å². The molecule has 104 valence electrons. The highest BCUT2D eigenvalue weighted by Gasteiger charge is 2.24. The summed E-state index contributed by atoms with van der Waals surface area (Å²) in [6.07, 6.45) is 2.60. The standard InChI is InChI=1S/C16H24N2O/c1-12-8-13(2)11-18(10-12)16(19)7-6-14-4-3-5-15(17)9-14/h3-5,9,12-13H,6-8,10-11,17H2,1-2H3. The molecule has 1 amide bonds. The third-order valence-electron chi connectivity index (χ3n) is 3.80. The van der Waals surface area contributed by atoms with Gasteiger partial charge in [0, 0.05) is 25.2 Å². The molecule has 0 bridgehead atoms. The summed E-state index contributed by atoms with van der Waals surface area (Å²) in [6.45, 7) is 6.29. The van der Waals surface area contributed by atoms with Gasteiger partial charge in [-0.15, -0.1) is 0 Å². The topological polar surface area (TPSA) is 46.3 Å². The summed E-state index contributed by atoms with van der Waals surface area (Å²) in [5.74, 6) is 1.53. The summed E-state index contributed by atoms with van der Waals surface area (Å²) in [4.78, 5) is 14.3. The number of carbonyl (C=O) groups is 1. The molecule has 1 heterocycles. The van der Waals surface area contributed by atoms with E-state index in [2.05, 4.69) is 13.8 Å². The Bertz CT molecular complexity index is 434. The van der Waals surface area contributed by atoms with Crippen molar-refractivity contribution in [2.45, 2.75) is 33.1 Å². The highest BCUT2D eigenvalue weighted by molar-refractivity contribution is 5.76. The monoisotopic (exact) mass is 260 g/mol. The molecule has 1 saturated heterocycles. The average Bonchev–Trinajstić information content (AvgIpc) is 2.35. The van der Waals surface area contributed by atoms with Crippen molar-refractivity contribution in [2.24, 2.45) is 11.8 Å². The zero-order chi connectivity index (χ0) is 13.8. The fraction of sp³-hybridized carbons (Fsp3) is 0.562. The van der Waals surface area contributed by atoms with Gasteiger partial charge in [0.15, 0.2) is 0 Å². The van der Waals surface area contributed by atoms with Crippen LogP contribution < -0.4 is 5.73 Å². The molecule has 0 aromatic heterocycles. The van der Waals surface area contributed by atoms with E-state index >= 15 is 0 Å². The zero-order valence-electron chi connectivity index (χ0n) is 11.9. The van der Waals surface area contributed by atoms with Crippen LogP contribution in [0.3, 0.4) is 0 Å². The number of likely N-dealkylation sites (tertiary alicyclic amines) is 1. The maximum atomic E-state index is 12.2. The third kappa shape index (κ3) is 3.98. The highest BCUT2D eigenvalue weighted by Crippen LogP contribution is 2.21. The van der Waals surface area contributed by atoms with Gasteiger partial charge in [-0.1, -0.05) is 26.0 Å². The van der Waals surface area contributed by atoms with Gasteiger partial charge in [0.05, 0.1) is 0 Å². The lowest BCUT2D eigenvalue weighted by molar-refractivity contribution is -0.133. The van der Waals surface area contributed by atoms with E-state index in [0.717, 1.165) is 30.8 Å². The number of nitrogen functional groups attached to an aromatic ring is 1. The van der Waals surface area contributed by atoms with Crippen molar-refractivity contribution in [3.8, 4) is 0 Å². The Kier molecular flexibility index (Phi) is 4.46. The molecule has 2 rings (SSSR count). The van der Waals surface area contributed by atoms with Crippen LogP contribution in [0.2, 0.25) is 0 Å². The van der Waals surface area contributed by atoms with Crippen molar-refractivity contribution in [1.82, 2.24) is 4.90 Å². The normalized spacial score (nSPS) is 23.4. The van der Waals surface area contributed by atoms with E-state index in [4.69, 9.17) is 5.73 Å². The fourth-order valence-electron chi connectivity index (χ4n) is 3.02. The van der Waals surface area contributed by atoms with E-state index in [-0.39, 0.29) is 5.91 Å². The number of hydrogen-bond acceptors (Lipinski definition) is 2. The van der Waals surface area contributed by atoms with E-state index in [1.165, 1.54) is 6.42 Å². The molecule has 2 atom stereocenters. The summed E-state index contributed by atoms with van der Waals surface area (Å²) in [5.41, 5.74) is 7.66. The smallest absolute Gasteiger partial charge is 0.222 e. The summed E-state index contributed by atoms with van der Waals surface area (Å²) in [6, 6.07) is 7.80. The van der Waals surface area contributed by atoms with Gasteiger partial charge >= 0.3 is 0 Å². The maximum Gasteiger partial charge on any atom is 0.222 e. The molecule has 1 aliphatic heterocycles. The zero-order valence-corrected chi connectivity index (χ0v) is 11.9. The number of amides is 1. The van der Waals surface area contributed by atoms with Crippen molar-refractivity contribution in [2.75, 3.05) is 18.8 Å². The van der Waals surface area contributed by atoms with Crippen molar-refractivity contribution >= 4 is 11.6 Å². The first-order valence-electron chi connectivity index (χ1n) is 7.17. The maximum absolute atomic E-state index is 12.2. The number of aryl methyl sites for hydroxylation is 1. The third-order valence-corrected chi connectivity index (χ3v) is 3.80. The lowest BCUT2D eigenvalue weighted by Gasteiger charge is -2.35. The van der Waals surface area contributed by atoms with Crippen molar-refractivity contribution in [3.05, 3.63) is 29.8 Å². The van der Waals surface area contributed by atoms with Gasteiger partial charge in [-0.25, -0.2) is 0 Å². The van der Waals surface area contributed by atoms with Gasteiger partial charge in [-0.05, 0) is 42.4 Å². The van der Waals surface area contributed by atoms with Gasteiger partial charge < -0.3 is 10.6 Å². The number of nitrogens with zero attached hydrogens (tertiary/aromatic N) is 1. The van der Waals surface area contributed by atoms with Crippen molar-refractivity contribution in [3.63, 3.8) is 0 Å². The van der Waals surface area contributed by atoms with Crippen LogP contribution in [0.1, 0.15) is 32.3 Å². The molecule has 19 heavy (non-hydrogen) atoms. The molecule has 2 N–H and O–H groups in total. The molecule has 2 unspecified atom stereocenters. The molecule has 1 aromatic carbocycles. The van der Waals surface area contributed by atoms with E-state index < -0.39 is 0 Å². The van der Waals surface area contributed by atoms with Gasteiger partial charge in [0.25, 0.3) is 0 Å². The average molecular weight is 260 g/mol. The molecular weight excluding hydrogens is 236 g/mol. The number of rotatable bonds is 3. The molecule has 0 saturated carbocycles. The van der Waals surface area contributed by atoms with E-state index in [1.54, 1.807) is 0 Å². The van der Waals surface area contributed by atoms with Crippen molar-refractivity contribution < 1.29 is 4.79 Å². The largest absolute Gasteiger partial charge is 0.399 e. The van der Waals surface area contributed by atoms with Gasteiger partial charge in [-0.3, -0.25) is 4.79 Å². The van der Waals surface area contributed by atoms with Crippen LogP contribution in [-0.4, -0.2) is 23.9 Å². The second kappa shape index (κ2) is 6.09. The lowest BCUT2D eigenvalue weighted by Crippen LogP contribution is -2.42. The molecule has 3 nitrogen and oxygen atoms in total. The lowest BCUT2D eigenvalue weighted by atomic mass is 9.91. The van der Waals surface area contributed by atoms with Gasteiger partial charge in [0.1, 0.15) is 0 Å².